The molecule has 0 atom stereocenters. The van der Waals surface area contributed by atoms with E-state index >= 15 is 0 Å². The molecule has 1 amide bonds. The highest BCUT2D eigenvalue weighted by Gasteiger charge is 2.31. The average Bonchev–Trinajstić information content (AvgIpc) is 3.14. The van der Waals surface area contributed by atoms with Gasteiger partial charge in [0.15, 0.2) is 5.17 Å². The topological polar surface area (TPSA) is 45.8 Å². The van der Waals surface area contributed by atoms with E-state index in [4.69, 9.17) is 4.42 Å². The second-order valence-corrected chi connectivity index (χ2v) is 6.27. The van der Waals surface area contributed by atoms with E-state index in [1.54, 1.807) is 32.3 Å². The number of rotatable bonds is 2. The summed E-state index contributed by atoms with van der Waals surface area (Å²) < 4.78 is 44.0. The second-order valence-electron chi connectivity index (χ2n) is 5.26. The van der Waals surface area contributed by atoms with Gasteiger partial charge in [0.05, 0.1) is 10.5 Å². The van der Waals surface area contributed by atoms with Crippen LogP contribution < -0.4 is 0 Å². The Kier molecular flexibility index (Phi) is 4.47. The summed E-state index contributed by atoms with van der Waals surface area (Å²) in [5.74, 6) is 0.475. The maximum absolute atomic E-state index is 12.8. The van der Waals surface area contributed by atoms with E-state index in [0.29, 0.717) is 27.2 Å². The number of thioether (sulfide) groups is 1. The minimum absolute atomic E-state index is 0.206. The maximum atomic E-state index is 12.8. The van der Waals surface area contributed by atoms with Crippen LogP contribution in [0, 0.1) is 0 Å². The van der Waals surface area contributed by atoms with Crippen LogP contribution >= 0.6 is 11.8 Å². The fourth-order valence-corrected chi connectivity index (χ4v) is 3.22. The van der Waals surface area contributed by atoms with Gasteiger partial charge in [0.2, 0.25) is 0 Å². The SMILES string of the molecule is CN=C1S/C(=C\c2ccc(-c3cccc(C(F)(F)F)c3)o2)C(=O)N1C. The summed E-state index contributed by atoms with van der Waals surface area (Å²) in [5, 5.41) is 0.570. The number of likely N-dealkylation sites (N-methyl/N-ethyl adjacent to an activating group) is 1. The number of alkyl halides is 3. The highest BCUT2D eigenvalue weighted by molar-refractivity contribution is 8.18. The Balaban J connectivity index is 1.89. The van der Waals surface area contributed by atoms with Gasteiger partial charge in [-0.25, -0.2) is 0 Å². The Hall–Kier alpha value is -2.48. The molecule has 0 N–H and O–H groups in total. The predicted molar refractivity (Wildman–Crippen MR) is 90.8 cm³/mol. The molecule has 0 spiro atoms. The zero-order chi connectivity index (χ0) is 18.2. The summed E-state index contributed by atoms with van der Waals surface area (Å²) in [4.78, 5) is 18.0. The summed E-state index contributed by atoms with van der Waals surface area (Å²) >= 11 is 1.21. The summed E-state index contributed by atoms with van der Waals surface area (Å²) in [6.45, 7) is 0. The van der Waals surface area contributed by atoms with Gasteiger partial charge >= 0.3 is 6.18 Å². The molecule has 3 rings (SSSR count). The number of amides is 1. The van der Waals surface area contributed by atoms with E-state index < -0.39 is 11.7 Å². The van der Waals surface area contributed by atoms with Crippen LogP contribution in [0.4, 0.5) is 13.2 Å². The van der Waals surface area contributed by atoms with Crippen LogP contribution in [-0.2, 0) is 11.0 Å². The molecule has 1 fully saturated rings. The number of amidine groups is 1. The monoisotopic (exact) mass is 366 g/mol. The molecule has 1 aromatic heterocycles. The smallest absolute Gasteiger partial charge is 0.416 e. The summed E-state index contributed by atoms with van der Waals surface area (Å²) in [5.41, 5.74) is -0.425. The maximum Gasteiger partial charge on any atom is 0.416 e. The minimum atomic E-state index is -4.42. The lowest BCUT2D eigenvalue weighted by atomic mass is 10.1. The molecule has 0 radical (unpaired) electrons. The van der Waals surface area contributed by atoms with Crippen molar-refractivity contribution in [2.24, 2.45) is 4.99 Å². The Labute approximate surface area is 146 Å². The van der Waals surface area contributed by atoms with Crippen molar-refractivity contribution in [2.45, 2.75) is 6.18 Å². The number of nitrogens with zero attached hydrogens (tertiary/aromatic N) is 2. The normalized spacial score (nSPS) is 18.6. The third-order valence-corrected chi connectivity index (χ3v) is 4.72. The second kappa shape index (κ2) is 6.44. The standard InChI is InChI=1S/C17H13F3N2O2S/c1-21-16-22(2)15(23)14(25-16)9-12-6-7-13(24-12)10-4-3-5-11(8-10)17(18,19)20/h3-9H,1-2H3/b14-9-,21-16?. The van der Waals surface area contributed by atoms with Crippen molar-refractivity contribution in [1.82, 2.24) is 4.90 Å². The fourth-order valence-electron chi connectivity index (χ4n) is 2.31. The molecule has 2 aromatic rings. The van der Waals surface area contributed by atoms with Crippen molar-refractivity contribution in [3.05, 3.63) is 52.6 Å². The van der Waals surface area contributed by atoms with Gasteiger partial charge in [-0.3, -0.25) is 14.7 Å². The van der Waals surface area contributed by atoms with Gasteiger partial charge in [0.25, 0.3) is 5.91 Å². The van der Waals surface area contributed by atoms with Crippen LogP contribution in [0.2, 0.25) is 0 Å². The van der Waals surface area contributed by atoms with Crippen molar-refractivity contribution in [3.8, 4) is 11.3 Å². The lowest BCUT2D eigenvalue weighted by Crippen LogP contribution is -2.23. The number of benzene rings is 1. The zero-order valence-electron chi connectivity index (χ0n) is 13.3. The van der Waals surface area contributed by atoms with Gasteiger partial charge < -0.3 is 4.42 Å². The quantitative estimate of drug-likeness (QED) is 0.736. The molecule has 0 saturated carbocycles. The van der Waals surface area contributed by atoms with Crippen molar-refractivity contribution < 1.29 is 22.4 Å². The first-order chi connectivity index (χ1) is 11.8. The molecular formula is C17H13F3N2O2S. The third-order valence-electron chi connectivity index (χ3n) is 3.57. The number of aliphatic imine (C=N–C) groups is 1. The molecule has 2 heterocycles. The lowest BCUT2D eigenvalue weighted by molar-refractivity contribution is -0.137. The summed E-state index contributed by atoms with van der Waals surface area (Å²) in [7, 11) is 3.21. The third kappa shape index (κ3) is 3.48. The van der Waals surface area contributed by atoms with Crippen LogP contribution in [0.1, 0.15) is 11.3 Å². The van der Waals surface area contributed by atoms with E-state index in [9.17, 15) is 18.0 Å². The van der Waals surface area contributed by atoms with Gasteiger partial charge in [-0.1, -0.05) is 12.1 Å². The highest BCUT2D eigenvalue weighted by atomic mass is 32.2. The molecule has 1 aromatic carbocycles. The number of carbonyl (C=O) groups excluding carboxylic acids is 1. The van der Waals surface area contributed by atoms with Crippen molar-refractivity contribution >= 4 is 28.9 Å². The van der Waals surface area contributed by atoms with Gasteiger partial charge in [-0.2, -0.15) is 13.2 Å². The first kappa shape index (κ1) is 17.3. The van der Waals surface area contributed by atoms with E-state index in [1.165, 1.54) is 28.8 Å². The molecule has 25 heavy (non-hydrogen) atoms. The number of carbonyl (C=O) groups is 1. The molecular weight excluding hydrogens is 353 g/mol. The van der Waals surface area contributed by atoms with Crippen LogP contribution in [0.25, 0.3) is 17.4 Å². The Morgan fingerprint density at radius 1 is 1.24 bits per heavy atom. The molecule has 8 heteroatoms. The minimum Gasteiger partial charge on any atom is -0.457 e. The molecule has 1 aliphatic heterocycles. The largest absolute Gasteiger partial charge is 0.457 e. The lowest BCUT2D eigenvalue weighted by Gasteiger charge is -2.07. The van der Waals surface area contributed by atoms with Gasteiger partial charge in [0.1, 0.15) is 11.5 Å². The Morgan fingerprint density at radius 2 is 2.00 bits per heavy atom. The molecule has 1 aliphatic rings. The molecule has 4 nitrogen and oxygen atoms in total. The van der Waals surface area contributed by atoms with E-state index in [1.807, 2.05) is 0 Å². The Bertz CT molecular complexity index is 884. The van der Waals surface area contributed by atoms with Crippen LogP contribution in [-0.4, -0.2) is 30.1 Å². The summed E-state index contributed by atoms with van der Waals surface area (Å²) in [6, 6.07) is 8.08. The van der Waals surface area contributed by atoms with Crippen LogP contribution in [0.5, 0.6) is 0 Å². The van der Waals surface area contributed by atoms with Gasteiger partial charge in [0, 0.05) is 25.7 Å². The predicted octanol–water partition coefficient (Wildman–Crippen LogP) is 4.50. The van der Waals surface area contributed by atoms with Crippen molar-refractivity contribution in [1.29, 1.82) is 0 Å². The van der Waals surface area contributed by atoms with E-state index in [2.05, 4.69) is 4.99 Å². The number of furan rings is 1. The fraction of sp³-hybridized carbons (Fsp3) is 0.176. The van der Waals surface area contributed by atoms with E-state index in [0.717, 1.165) is 12.1 Å². The first-order valence-corrected chi connectivity index (χ1v) is 8.03. The van der Waals surface area contributed by atoms with E-state index in [-0.39, 0.29) is 5.91 Å². The van der Waals surface area contributed by atoms with Gasteiger partial charge in [-0.05, 0) is 36.0 Å². The number of hydrogen-bond donors (Lipinski definition) is 0. The Morgan fingerprint density at radius 3 is 2.64 bits per heavy atom. The number of halogens is 3. The first-order valence-electron chi connectivity index (χ1n) is 7.21. The molecule has 0 bridgehead atoms. The van der Waals surface area contributed by atoms with Crippen molar-refractivity contribution in [3.63, 3.8) is 0 Å². The molecule has 0 unspecified atom stereocenters. The number of hydrogen-bond acceptors (Lipinski definition) is 4. The zero-order valence-corrected chi connectivity index (χ0v) is 14.1. The van der Waals surface area contributed by atoms with Crippen LogP contribution in [0.3, 0.4) is 0 Å². The molecule has 1 saturated heterocycles. The molecule has 0 aliphatic carbocycles. The summed E-state index contributed by atoms with van der Waals surface area (Å²) in [6.07, 6.45) is -2.86. The van der Waals surface area contributed by atoms with Gasteiger partial charge in [-0.15, -0.1) is 0 Å². The average molecular weight is 366 g/mol. The van der Waals surface area contributed by atoms with Crippen LogP contribution in [0.15, 0.2) is 50.7 Å². The molecule has 130 valence electrons. The van der Waals surface area contributed by atoms with Crippen molar-refractivity contribution in [2.75, 3.05) is 14.1 Å². The highest BCUT2D eigenvalue weighted by Crippen LogP contribution is 2.34.